The van der Waals surface area contributed by atoms with Gasteiger partial charge in [-0.3, -0.25) is 4.57 Å². The Bertz CT molecular complexity index is 3540. The second-order valence-electron chi connectivity index (χ2n) is 17.9. The molecular weight excluding hydrogens is 731 g/mol. The van der Waals surface area contributed by atoms with E-state index in [1.54, 1.807) is 0 Å². The quantitative estimate of drug-likeness (QED) is 0.179. The molecule has 0 bridgehead atoms. The number of nitrogens with zero attached hydrogens (tertiary/aromatic N) is 5. The second kappa shape index (κ2) is 12.7. The molecule has 8 aromatic carbocycles. The van der Waals surface area contributed by atoms with Crippen LogP contribution in [0.25, 0.3) is 99.6 Å². The summed E-state index contributed by atoms with van der Waals surface area (Å²) in [5.74, 6) is 1.86. The molecule has 0 unspecified atom stereocenters. The van der Waals surface area contributed by atoms with Gasteiger partial charge in [0.2, 0.25) is 5.95 Å². The lowest BCUT2D eigenvalue weighted by Crippen LogP contribution is -2.34. The van der Waals surface area contributed by atoms with Gasteiger partial charge in [-0.05, 0) is 92.7 Å². The van der Waals surface area contributed by atoms with Gasteiger partial charge in [-0.2, -0.15) is 9.97 Å². The smallest absolute Gasteiger partial charge is 0.238 e. The minimum Gasteiger partial charge on any atom is -0.309 e. The summed E-state index contributed by atoms with van der Waals surface area (Å²) in [6.07, 6.45) is 2.30. The number of para-hydroxylation sites is 1. The number of rotatable bonds is 4. The fraction of sp³-hybridized carbons (Fsp3) is 0.145. The van der Waals surface area contributed by atoms with Gasteiger partial charge in [0.15, 0.2) is 11.6 Å². The van der Waals surface area contributed by atoms with Crippen molar-refractivity contribution in [1.82, 2.24) is 24.1 Å². The third-order valence-electron chi connectivity index (χ3n) is 13.4. The van der Waals surface area contributed by atoms with Crippen molar-refractivity contribution in [2.24, 2.45) is 0 Å². The molecule has 1 aliphatic carbocycles. The SMILES string of the molecule is CC1(C)CCC(C)(C)c2c1ccc1c3cc4c5c6ccccc6ccc5n(-c5nc(-c6ccccc6)nc(-c6ccc7ccccc7c6)n5)c4cc3n(-c3ccccc3)c21. The van der Waals surface area contributed by atoms with E-state index in [9.17, 15) is 0 Å². The zero-order valence-electron chi connectivity index (χ0n) is 34.2. The summed E-state index contributed by atoms with van der Waals surface area (Å²) in [4.78, 5) is 15.9. The predicted octanol–water partition coefficient (Wildman–Crippen LogP) is 14.1. The Kier molecular flexibility index (Phi) is 7.38. The summed E-state index contributed by atoms with van der Waals surface area (Å²) in [6.45, 7) is 9.72. The molecule has 5 nitrogen and oxygen atoms in total. The third-order valence-corrected chi connectivity index (χ3v) is 13.4. The van der Waals surface area contributed by atoms with E-state index in [4.69, 9.17) is 15.0 Å². The van der Waals surface area contributed by atoms with E-state index in [2.05, 4.69) is 182 Å². The fourth-order valence-electron chi connectivity index (χ4n) is 10.2. The minimum absolute atomic E-state index is 0.000712. The van der Waals surface area contributed by atoms with Gasteiger partial charge in [0.05, 0.1) is 22.1 Å². The number of fused-ring (bicyclic) bond motifs is 11. The third kappa shape index (κ3) is 5.15. The lowest BCUT2D eigenvalue weighted by molar-refractivity contribution is 0.334. The van der Waals surface area contributed by atoms with Crippen LogP contribution in [0.4, 0.5) is 0 Å². The van der Waals surface area contributed by atoms with Crippen molar-refractivity contribution in [3.05, 3.63) is 175 Å². The molecule has 3 aromatic heterocycles. The topological polar surface area (TPSA) is 48.5 Å². The van der Waals surface area contributed by atoms with Crippen molar-refractivity contribution < 1.29 is 0 Å². The first kappa shape index (κ1) is 34.9. The summed E-state index contributed by atoms with van der Waals surface area (Å²) >= 11 is 0. The van der Waals surface area contributed by atoms with Crippen LogP contribution >= 0.6 is 0 Å². The maximum absolute atomic E-state index is 5.39. The standard InChI is InChI=1S/C55H43N5/c1-54(2)29-30-55(3,4)49-44(54)27-26-41-42-32-43-47(33-46(42)59(50(41)49)39-20-9-6-10-21-39)60(45-28-25-35-16-13-14-22-40(35)48(43)45)53-57-51(36-17-7-5-8-18-36)56-52(58-53)38-24-23-34-15-11-12-19-37(34)31-38/h5-28,31-33H,29-30H2,1-4H3. The molecule has 0 N–H and O–H groups in total. The van der Waals surface area contributed by atoms with Crippen molar-refractivity contribution in [3.63, 3.8) is 0 Å². The molecule has 0 aliphatic heterocycles. The minimum atomic E-state index is 0.000712. The highest BCUT2D eigenvalue weighted by molar-refractivity contribution is 6.25. The maximum atomic E-state index is 5.39. The van der Waals surface area contributed by atoms with Crippen LogP contribution in [0.5, 0.6) is 0 Å². The lowest BCUT2D eigenvalue weighted by Gasteiger charge is -2.42. The lowest BCUT2D eigenvalue weighted by atomic mass is 9.62. The maximum Gasteiger partial charge on any atom is 0.238 e. The van der Waals surface area contributed by atoms with E-state index in [-0.39, 0.29) is 10.8 Å². The molecule has 11 aromatic rings. The first-order chi connectivity index (χ1) is 29.2. The van der Waals surface area contributed by atoms with Crippen LogP contribution in [0.2, 0.25) is 0 Å². The van der Waals surface area contributed by atoms with Crippen molar-refractivity contribution in [1.29, 1.82) is 0 Å². The average molecular weight is 774 g/mol. The van der Waals surface area contributed by atoms with Gasteiger partial charge < -0.3 is 4.57 Å². The van der Waals surface area contributed by atoms with Crippen LogP contribution in [-0.2, 0) is 10.8 Å². The van der Waals surface area contributed by atoms with Gasteiger partial charge in [0.25, 0.3) is 0 Å². The highest BCUT2D eigenvalue weighted by atomic mass is 15.2. The van der Waals surface area contributed by atoms with Gasteiger partial charge >= 0.3 is 0 Å². The zero-order valence-corrected chi connectivity index (χ0v) is 34.2. The van der Waals surface area contributed by atoms with Crippen molar-refractivity contribution in [3.8, 4) is 34.4 Å². The Labute approximate surface area is 348 Å². The largest absolute Gasteiger partial charge is 0.309 e. The molecule has 1 aliphatic rings. The molecule has 12 rings (SSSR count). The van der Waals surface area contributed by atoms with E-state index in [1.807, 2.05) is 18.2 Å². The highest BCUT2D eigenvalue weighted by Gasteiger charge is 2.39. The van der Waals surface area contributed by atoms with Crippen molar-refractivity contribution in [2.75, 3.05) is 0 Å². The van der Waals surface area contributed by atoms with Crippen LogP contribution < -0.4 is 0 Å². The van der Waals surface area contributed by atoms with Crippen LogP contribution in [0.15, 0.2) is 164 Å². The van der Waals surface area contributed by atoms with Crippen molar-refractivity contribution >= 4 is 65.2 Å². The predicted molar refractivity (Wildman–Crippen MR) is 250 cm³/mol. The number of hydrogen-bond donors (Lipinski definition) is 0. The first-order valence-corrected chi connectivity index (χ1v) is 21.1. The monoisotopic (exact) mass is 773 g/mol. The van der Waals surface area contributed by atoms with E-state index in [0.717, 1.165) is 51.6 Å². The zero-order chi connectivity index (χ0) is 40.3. The second-order valence-corrected chi connectivity index (χ2v) is 17.9. The van der Waals surface area contributed by atoms with Gasteiger partial charge in [0.1, 0.15) is 0 Å². The Morgan fingerprint density at radius 1 is 0.433 bits per heavy atom. The molecule has 60 heavy (non-hydrogen) atoms. The molecule has 0 amide bonds. The molecule has 0 saturated carbocycles. The summed E-state index contributed by atoms with van der Waals surface area (Å²) in [5, 5.41) is 9.63. The molecule has 3 heterocycles. The molecule has 0 fully saturated rings. The highest BCUT2D eigenvalue weighted by Crippen LogP contribution is 2.51. The van der Waals surface area contributed by atoms with Gasteiger partial charge in [-0.1, -0.05) is 155 Å². The summed E-state index contributed by atoms with van der Waals surface area (Å²) in [7, 11) is 0. The Morgan fingerprint density at radius 2 is 1.08 bits per heavy atom. The Hall–Kier alpha value is -7.11. The van der Waals surface area contributed by atoms with Crippen LogP contribution in [0.3, 0.4) is 0 Å². The molecule has 0 radical (unpaired) electrons. The van der Waals surface area contributed by atoms with Crippen LogP contribution in [0, 0.1) is 0 Å². The van der Waals surface area contributed by atoms with Gasteiger partial charge in [0, 0.05) is 38.4 Å². The van der Waals surface area contributed by atoms with E-state index in [0.29, 0.717) is 17.6 Å². The molecule has 0 spiro atoms. The van der Waals surface area contributed by atoms with Gasteiger partial charge in [-0.15, -0.1) is 0 Å². The van der Waals surface area contributed by atoms with E-state index in [1.165, 1.54) is 54.3 Å². The molecule has 0 atom stereocenters. The van der Waals surface area contributed by atoms with E-state index >= 15 is 0 Å². The van der Waals surface area contributed by atoms with Crippen molar-refractivity contribution in [2.45, 2.75) is 51.4 Å². The number of aromatic nitrogens is 5. The first-order valence-electron chi connectivity index (χ1n) is 21.1. The number of hydrogen-bond acceptors (Lipinski definition) is 3. The normalized spacial score (nSPS) is 14.8. The summed E-state index contributed by atoms with van der Waals surface area (Å²) < 4.78 is 4.82. The molecule has 5 heteroatoms. The number of benzene rings is 8. The molecule has 0 saturated heterocycles. The average Bonchev–Trinajstić information content (AvgIpc) is 3.79. The summed E-state index contributed by atoms with van der Waals surface area (Å²) in [5.41, 5.74) is 10.6. The molecule has 288 valence electrons. The summed E-state index contributed by atoms with van der Waals surface area (Å²) in [6, 6.07) is 59.0. The van der Waals surface area contributed by atoms with Gasteiger partial charge in [-0.25, -0.2) is 4.98 Å². The van der Waals surface area contributed by atoms with E-state index < -0.39 is 0 Å². The van der Waals surface area contributed by atoms with Crippen LogP contribution in [-0.4, -0.2) is 24.1 Å². The molecular formula is C55H43N5. The fourth-order valence-corrected chi connectivity index (χ4v) is 10.2. The van der Waals surface area contributed by atoms with Crippen LogP contribution in [0.1, 0.15) is 51.7 Å². The Balaban J connectivity index is 1.24. The Morgan fingerprint density at radius 3 is 1.88 bits per heavy atom.